The van der Waals surface area contributed by atoms with Crippen LogP contribution in [0.3, 0.4) is 0 Å². The second-order valence-corrected chi connectivity index (χ2v) is 7.51. The number of nitrogens with one attached hydrogen (secondary N) is 1. The van der Waals surface area contributed by atoms with E-state index >= 15 is 0 Å². The predicted molar refractivity (Wildman–Crippen MR) is 109 cm³/mol. The Morgan fingerprint density at radius 3 is 2.93 bits per heavy atom. The molecule has 6 heteroatoms. The van der Waals surface area contributed by atoms with Crippen molar-refractivity contribution in [2.75, 3.05) is 39.0 Å². The maximum atomic E-state index is 12.8. The molecule has 27 heavy (non-hydrogen) atoms. The predicted octanol–water partition coefficient (Wildman–Crippen LogP) is 3.42. The van der Waals surface area contributed by atoms with Crippen LogP contribution < -0.4 is 5.32 Å². The summed E-state index contributed by atoms with van der Waals surface area (Å²) in [5.41, 5.74) is 2.08. The number of carbonyl (C=O) groups is 1. The molecular weight excluding hydrogens is 338 g/mol. The molecular formula is C21H31N5O. The molecule has 6 nitrogen and oxygen atoms in total. The van der Waals surface area contributed by atoms with Gasteiger partial charge < -0.3 is 19.7 Å². The second kappa shape index (κ2) is 9.04. The van der Waals surface area contributed by atoms with Gasteiger partial charge in [0.2, 0.25) is 0 Å². The Labute approximate surface area is 162 Å². The maximum absolute atomic E-state index is 12.8. The van der Waals surface area contributed by atoms with Crippen LogP contribution >= 0.6 is 0 Å². The molecule has 1 aliphatic heterocycles. The third kappa shape index (κ3) is 4.89. The quantitative estimate of drug-likeness (QED) is 0.849. The first kappa shape index (κ1) is 19.4. The van der Waals surface area contributed by atoms with Gasteiger partial charge in [0.15, 0.2) is 0 Å². The molecule has 3 rings (SSSR count). The number of urea groups is 1. The van der Waals surface area contributed by atoms with Gasteiger partial charge in [-0.2, -0.15) is 0 Å². The number of nitrogens with zero attached hydrogens (tertiary/aromatic N) is 4. The van der Waals surface area contributed by atoms with E-state index in [-0.39, 0.29) is 6.03 Å². The molecule has 1 fully saturated rings. The first-order valence-electron chi connectivity index (χ1n) is 9.88. The molecule has 1 aromatic carbocycles. The maximum Gasteiger partial charge on any atom is 0.321 e. The smallest absolute Gasteiger partial charge is 0.321 e. The molecule has 1 N–H and O–H groups in total. The van der Waals surface area contributed by atoms with E-state index in [1.807, 2.05) is 29.3 Å². The molecule has 1 aromatic heterocycles. The van der Waals surface area contributed by atoms with E-state index in [9.17, 15) is 4.79 Å². The number of para-hydroxylation sites is 1. The van der Waals surface area contributed by atoms with Crippen molar-refractivity contribution >= 4 is 11.7 Å². The van der Waals surface area contributed by atoms with Crippen LogP contribution in [0.15, 0.2) is 36.7 Å². The number of rotatable bonds is 6. The van der Waals surface area contributed by atoms with Crippen molar-refractivity contribution in [3.8, 4) is 0 Å². The third-order valence-corrected chi connectivity index (χ3v) is 5.25. The fourth-order valence-corrected chi connectivity index (χ4v) is 3.69. The number of hydrogen-bond donors (Lipinski definition) is 1. The minimum atomic E-state index is -0.00741. The first-order chi connectivity index (χ1) is 13.1. The SMILES string of the molecule is CCc1ccccc1NC(=O)N1CCC[C@H](c2nccn2CCN(C)C)C1. The molecule has 0 spiro atoms. The van der Waals surface area contributed by atoms with Crippen molar-refractivity contribution in [3.63, 3.8) is 0 Å². The van der Waals surface area contributed by atoms with Crippen LogP contribution in [0.4, 0.5) is 10.5 Å². The van der Waals surface area contributed by atoms with Crippen molar-refractivity contribution in [1.82, 2.24) is 19.4 Å². The zero-order valence-electron chi connectivity index (χ0n) is 16.7. The van der Waals surface area contributed by atoms with E-state index in [0.29, 0.717) is 5.92 Å². The molecule has 1 aliphatic rings. The van der Waals surface area contributed by atoms with Gasteiger partial charge in [-0.25, -0.2) is 9.78 Å². The van der Waals surface area contributed by atoms with Gasteiger partial charge in [0, 0.05) is 50.2 Å². The highest BCUT2D eigenvalue weighted by Crippen LogP contribution is 2.26. The third-order valence-electron chi connectivity index (χ3n) is 5.25. The standard InChI is InChI=1S/C21H31N5O/c1-4-17-8-5-6-10-19(17)23-21(27)26-12-7-9-18(16-26)20-22-11-13-25(20)15-14-24(2)3/h5-6,8,10-11,13,18H,4,7,9,12,14-16H2,1-3H3,(H,23,27)/t18-/m0/s1. The number of benzene rings is 1. The summed E-state index contributed by atoms with van der Waals surface area (Å²) in [6.07, 6.45) is 6.92. The molecule has 0 saturated carbocycles. The van der Waals surface area contributed by atoms with Crippen molar-refractivity contribution in [2.24, 2.45) is 0 Å². The van der Waals surface area contributed by atoms with Crippen molar-refractivity contribution in [3.05, 3.63) is 48.0 Å². The number of aromatic nitrogens is 2. The summed E-state index contributed by atoms with van der Waals surface area (Å²) in [7, 11) is 4.16. The highest BCUT2D eigenvalue weighted by atomic mass is 16.2. The number of likely N-dealkylation sites (tertiary alicyclic amines) is 1. The van der Waals surface area contributed by atoms with E-state index in [1.54, 1.807) is 0 Å². The summed E-state index contributed by atoms with van der Waals surface area (Å²) in [4.78, 5) is 21.6. The normalized spacial score (nSPS) is 17.3. The zero-order chi connectivity index (χ0) is 19.2. The minimum Gasteiger partial charge on any atom is -0.333 e. The molecule has 0 unspecified atom stereocenters. The minimum absolute atomic E-state index is 0.00741. The van der Waals surface area contributed by atoms with Gasteiger partial charge >= 0.3 is 6.03 Å². The number of hydrogen-bond acceptors (Lipinski definition) is 3. The number of amides is 2. The summed E-state index contributed by atoms with van der Waals surface area (Å²) in [6.45, 7) is 5.53. The monoisotopic (exact) mass is 369 g/mol. The molecule has 1 atom stereocenters. The number of imidazole rings is 1. The van der Waals surface area contributed by atoms with Gasteiger partial charge in [0.05, 0.1) is 0 Å². The van der Waals surface area contributed by atoms with E-state index in [1.165, 1.54) is 5.56 Å². The first-order valence-corrected chi connectivity index (χ1v) is 9.88. The van der Waals surface area contributed by atoms with Crippen LogP contribution in [-0.4, -0.2) is 59.1 Å². The van der Waals surface area contributed by atoms with Crippen LogP contribution in [0.2, 0.25) is 0 Å². The Bertz CT molecular complexity index is 755. The highest BCUT2D eigenvalue weighted by Gasteiger charge is 2.27. The van der Waals surface area contributed by atoms with Crippen LogP contribution in [-0.2, 0) is 13.0 Å². The van der Waals surface area contributed by atoms with Crippen LogP contribution in [0, 0.1) is 0 Å². The second-order valence-electron chi connectivity index (χ2n) is 7.51. The van der Waals surface area contributed by atoms with E-state index in [0.717, 1.165) is 57.0 Å². The average molecular weight is 370 g/mol. The van der Waals surface area contributed by atoms with Gasteiger partial charge in [-0.1, -0.05) is 25.1 Å². The van der Waals surface area contributed by atoms with Gasteiger partial charge in [-0.3, -0.25) is 0 Å². The molecule has 2 heterocycles. The topological polar surface area (TPSA) is 53.4 Å². The molecule has 0 bridgehead atoms. The summed E-state index contributed by atoms with van der Waals surface area (Å²) >= 11 is 0. The summed E-state index contributed by atoms with van der Waals surface area (Å²) < 4.78 is 2.23. The lowest BCUT2D eigenvalue weighted by Crippen LogP contribution is -2.42. The van der Waals surface area contributed by atoms with E-state index < -0.39 is 0 Å². The van der Waals surface area contributed by atoms with Crippen LogP contribution in [0.5, 0.6) is 0 Å². The summed E-state index contributed by atoms with van der Waals surface area (Å²) in [6, 6.07) is 8.02. The number of likely N-dealkylation sites (N-methyl/N-ethyl adjacent to an activating group) is 1. The largest absolute Gasteiger partial charge is 0.333 e. The van der Waals surface area contributed by atoms with E-state index in [4.69, 9.17) is 0 Å². The van der Waals surface area contributed by atoms with Crippen molar-refractivity contribution in [1.29, 1.82) is 0 Å². The Morgan fingerprint density at radius 2 is 2.15 bits per heavy atom. The van der Waals surface area contributed by atoms with Crippen molar-refractivity contribution in [2.45, 2.75) is 38.6 Å². The molecule has 146 valence electrons. The Morgan fingerprint density at radius 1 is 1.33 bits per heavy atom. The Hall–Kier alpha value is -2.34. The fourth-order valence-electron chi connectivity index (χ4n) is 3.69. The van der Waals surface area contributed by atoms with Gasteiger partial charge in [-0.05, 0) is 45.0 Å². The summed E-state index contributed by atoms with van der Waals surface area (Å²) in [5, 5.41) is 3.10. The number of anilines is 1. The lowest BCUT2D eigenvalue weighted by molar-refractivity contribution is 0.190. The fraction of sp³-hybridized carbons (Fsp3) is 0.524. The lowest BCUT2D eigenvalue weighted by atomic mass is 9.97. The number of aryl methyl sites for hydroxylation is 1. The van der Waals surface area contributed by atoms with Gasteiger partial charge in [0.25, 0.3) is 0 Å². The van der Waals surface area contributed by atoms with Gasteiger partial charge in [0.1, 0.15) is 5.82 Å². The Kier molecular flexibility index (Phi) is 6.50. The average Bonchev–Trinajstić information content (AvgIpc) is 3.15. The Balaban J connectivity index is 1.66. The number of carbonyl (C=O) groups excluding carboxylic acids is 1. The molecule has 2 amide bonds. The molecule has 0 aliphatic carbocycles. The highest BCUT2D eigenvalue weighted by molar-refractivity contribution is 5.90. The lowest BCUT2D eigenvalue weighted by Gasteiger charge is -2.33. The molecule has 0 radical (unpaired) electrons. The van der Waals surface area contributed by atoms with Crippen LogP contribution in [0.25, 0.3) is 0 Å². The van der Waals surface area contributed by atoms with Crippen molar-refractivity contribution < 1.29 is 4.79 Å². The summed E-state index contributed by atoms with van der Waals surface area (Å²) in [5.74, 6) is 1.39. The number of piperidine rings is 1. The molecule has 1 saturated heterocycles. The molecule has 2 aromatic rings. The van der Waals surface area contributed by atoms with E-state index in [2.05, 4.69) is 53.1 Å². The van der Waals surface area contributed by atoms with Crippen LogP contribution in [0.1, 0.15) is 37.1 Å². The van der Waals surface area contributed by atoms with Gasteiger partial charge in [-0.15, -0.1) is 0 Å². The zero-order valence-corrected chi connectivity index (χ0v) is 16.7.